The number of epoxide rings is 1. The maximum Gasteiger partial charge on any atom is 0.303 e. The molecule has 9 atom stereocenters. The van der Waals surface area contributed by atoms with Crippen LogP contribution >= 0.6 is 0 Å². The molecular weight excluding hydrogens is 458 g/mol. The van der Waals surface area contributed by atoms with Crippen molar-refractivity contribution in [1.29, 1.82) is 0 Å². The maximum absolute atomic E-state index is 12.3. The summed E-state index contributed by atoms with van der Waals surface area (Å²) in [6.45, 7) is 15.5. The molecule has 3 heterocycles. The molecule has 7 nitrogen and oxygen atoms in total. The molecule has 204 valence electrons. The molecule has 36 heavy (non-hydrogen) atoms. The van der Waals surface area contributed by atoms with Crippen molar-refractivity contribution in [3.05, 3.63) is 36.5 Å². The second kappa shape index (κ2) is 14.1. The van der Waals surface area contributed by atoms with Crippen LogP contribution in [0.2, 0.25) is 0 Å². The minimum Gasteiger partial charge on any atom is -0.459 e. The van der Waals surface area contributed by atoms with Gasteiger partial charge in [-0.25, -0.2) is 0 Å². The van der Waals surface area contributed by atoms with Gasteiger partial charge < -0.3 is 24.3 Å². The zero-order chi connectivity index (χ0) is 26.9. The Labute approximate surface area is 217 Å². The lowest BCUT2D eigenvalue weighted by molar-refractivity contribution is -0.143. The van der Waals surface area contributed by atoms with E-state index in [1.165, 1.54) is 13.0 Å². The second-order valence-electron chi connectivity index (χ2n) is 10.1. The summed E-state index contributed by atoms with van der Waals surface area (Å²) in [7, 11) is 0. The summed E-state index contributed by atoms with van der Waals surface area (Å²) >= 11 is 0. The largest absolute Gasteiger partial charge is 0.459 e. The molecule has 1 amide bonds. The van der Waals surface area contributed by atoms with Gasteiger partial charge in [-0.2, -0.15) is 0 Å². The fourth-order valence-electron chi connectivity index (χ4n) is 5.11. The van der Waals surface area contributed by atoms with Gasteiger partial charge in [-0.3, -0.25) is 9.59 Å². The minimum absolute atomic E-state index is 0.0280. The van der Waals surface area contributed by atoms with Gasteiger partial charge in [0.15, 0.2) is 0 Å². The zero-order valence-electron chi connectivity index (χ0n) is 23.4. The third-order valence-electron chi connectivity index (χ3n) is 7.04. The van der Waals surface area contributed by atoms with E-state index in [-0.39, 0.29) is 47.9 Å². The molecule has 7 heteroatoms. The average Bonchev–Trinajstić information content (AvgIpc) is 3.41. The smallest absolute Gasteiger partial charge is 0.303 e. The van der Waals surface area contributed by atoms with Gasteiger partial charge in [0.05, 0.1) is 42.2 Å². The summed E-state index contributed by atoms with van der Waals surface area (Å²) in [4.78, 5) is 23.2. The van der Waals surface area contributed by atoms with Crippen LogP contribution in [-0.2, 0) is 28.5 Å². The number of hydrogen-bond acceptors (Lipinski definition) is 6. The van der Waals surface area contributed by atoms with Gasteiger partial charge in [0.1, 0.15) is 6.10 Å². The quantitative estimate of drug-likeness (QED) is 0.215. The van der Waals surface area contributed by atoms with Crippen molar-refractivity contribution in [2.45, 2.75) is 129 Å². The van der Waals surface area contributed by atoms with Gasteiger partial charge in [-0.1, -0.05) is 45.1 Å². The molecule has 0 radical (unpaired) electrons. The summed E-state index contributed by atoms with van der Waals surface area (Å²) in [6.07, 6.45) is 15.2. The molecule has 1 spiro atoms. The average molecular weight is 506 g/mol. The van der Waals surface area contributed by atoms with Crippen molar-refractivity contribution in [2.24, 2.45) is 5.92 Å². The van der Waals surface area contributed by atoms with Crippen molar-refractivity contribution in [2.75, 3.05) is 0 Å². The molecule has 0 aromatic rings. The van der Waals surface area contributed by atoms with E-state index in [1.807, 2.05) is 20.8 Å². The van der Waals surface area contributed by atoms with Crippen LogP contribution in [0, 0.1) is 5.92 Å². The number of allylic oxidation sites excluding steroid dienone is 2. The van der Waals surface area contributed by atoms with E-state index in [1.54, 1.807) is 13.0 Å². The fourth-order valence-corrected chi connectivity index (χ4v) is 5.11. The zero-order valence-corrected chi connectivity index (χ0v) is 23.4. The summed E-state index contributed by atoms with van der Waals surface area (Å²) in [5, 5.41) is 3.01. The third-order valence-corrected chi connectivity index (χ3v) is 7.04. The molecule has 0 bridgehead atoms. The standard InChI is InChI=1S/C27H41NO6.C2H6/c1-17-14-24(28-26(30)13-12-18(2)31-22(6)29)20(4)33-25(17)11-9-7-8-10-23-16-27(21(5)34-27)15-19(3)32-23;1-2/h7-10,12-13,17-21,23-25H,11,14-16H2,1-6H3,(H,28,30);1-2H3/b9-7+,10-8+,13-12-;/t17?,18?,19-,20?,21?,23?,24?,25?,27?;/m1./s1. The Balaban J connectivity index is 0.00000222. The number of esters is 1. The number of hydrogen-bond donors (Lipinski definition) is 1. The summed E-state index contributed by atoms with van der Waals surface area (Å²) in [5.74, 6) is -0.263. The summed E-state index contributed by atoms with van der Waals surface area (Å²) in [6, 6.07) is -0.0545. The molecule has 3 aliphatic heterocycles. The first-order valence-electron chi connectivity index (χ1n) is 13.6. The molecule has 3 fully saturated rings. The van der Waals surface area contributed by atoms with Crippen LogP contribution in [0.25, 0.3) is 0 Å². The molecule has 8 unspecified atom stereocenters. The van der Waals surface area contributed by atoms with Gasteiger partial charge in [0.25, 0.3) is 0 Å². The predicted molar refractivity (Wildman–Crippen MR) is 142 cm³/mol. The maximum atomic E-state index is 12.3. The Kier molecular flexibility index (Phi) is 11.9. The van der Waals surface area contributed by atoms with Crippen molar-refractivity contribution < 1.29 is 28.5 Å². The summed E-state index contributed by atoms with van der Waals surface area (Å²) < 4.78 is 23.1. The van der Waals surface area contributed by atoms with Crippen LogP contribution in [0.4, 0.5) is 0 Å². The van der Waals surface area contributed by atoms with Gasteiger partial charge in [-0.15, -0.1) is 0 Å². The Morgan fingerprint density at radius 1 is 1.11 bits per heavy atom. The number of ether oxygens (including phenoxy) is 4. The Morgan fingerprint density at radius 2 is 1.81 bits per heavy atom. The van der Waals surface area contributed by atoms with Gasteiger partial charge in [-0.05, 0) is 52.5 Å². The number of rotatable bonds is 8. The van der Waals surface area contributed by atoms with Crippen molar-refractivity contribution in [1.82, 2.24) is 5.32 Å². The first kappa shape index (κ1) is 30.3. The molecule has 0 aliphatic carbocycles. The molecule has 3 aliphatic rings. The van der Waals surface area contributed by atoms with Crippen LogP contribution in [0.1, 0.15) is 81.1 Å². The van der Waals surface area contributed by atoms with E-state index in [0.717, 1.165) is 25.7 Å². The lowest BCUT2D eigenvalue weighted by Gasteiger charge is -2.39. The van der Waals surface area contributed by atoms with Gasteiger partial charge in [0, 0.05) is 25.8 Å². The van der Waals surface area contributed by atoms with Crippen LogP contribution < -0.4 is 5.32 Å². The van der Waals surface area contributed by atoms with Crippen molar-refractivity contribution in [3.8, 4) is 0 Å². The van der Waals surface area contributed by atoms with E-state index >= 15 is 0 Å². The number of amides is 1. The van der Waals surface area contributed by atoms with Gasteiger partial charge >= 0.3 is 5.97 Å². The minimum atomic E-state index is -0.438. The van der Waals surface area contributed by atoms with Crippen molar-refractivity contribution >= 4 is 11.9 Å². The molecule has 0 aromatic heterocycles. The van der Waals surface area contributed by atoms with E-state index in [9.17, 15) is 9.59 Å². The lowest BCUT2D eigenvalue weighted by atomic mass is 9.88. The Hall–Kier alpha value is -1.96. The van der Waals surface area contributed by atoms with Crippen LogP contribution in [0.5, 0.6) is 0 Å². The van der Waals surface area contributed by atoms with Crippen LogP contribution in [0.15, 0.2) is 36.5 Å². The highest BCUT2D eigenvalue weighted by Gasteiger charge is 2.56. The molecular formula is C29H47NO6. The van der Waals surface area contributed by atoms with E-state index in [2.05, 4.69) is 50.4 Å². The SMILES string of the molecule is CC.CC(=O)OC(C)/C=C\C(=O)NC1CC(C)C(C/C=C/C=C/C2CC3(C[C@@H](C)O2)OC3C)OC1C. The second-order valence-corrected chi connectivity index (χ2v) is 10.1. The number of carbonyl (C=O) groups excluding carboxylic acids is 2. The molecule has 3 saturated heterocycles. The lowest BCUT2D eigenvalue weighted by Crippen LogP contribution is -2.50. The van der Waals surface area contributed by atoms with Crippen molar-refractivity contribution in [3.63, 3.8) is 0 Å². The Bertz CT molecular complexity index is 808. The predicted octanol–water partition coefficient (Wildman–Crippen LogP) is 5.05. The van der Waals surface area contributed by atoms with Crippen LogP contribution in [-0.4, -0.2) is 60.1 Å². The monoisotopic (exact) mass is 505 g/mol. The fraction of sp³-hybridized carbons (Fsp3) is 0.724. The number of carbonyl (C=O) groups is 2. The molecule has 3 rings (SSSR count). The highest BCUT2D eigenvalue weighted by molar-refractivity contribution is 5.87. The van der Waals surface area contributed by atoms with Gasteiger partial charge in [0.2, 0.25) is 5.91 Å². The number of nitrogens with one attached hydrogen (secondary N) is 1. The molecule has 0 saturated carbocycles. The topological polar surface area (TPSA) is 86.4 Å². The molecule has 0 aromatic carbocycles. The highest BCUT2D eigenvalue weighted by Crippen LogP contribution is 2.48. The van der Waals surface area contributed by atoms with E-state index in [4.69, 9.17) is 18.9 Å². The third kappa shape index (κ3) is 9.16. The Morgan fingerprint density at radius 3 is 2.44 bits per heavy atom. The molecule has 1 N–H and O–H groups in total. The van der Waals surface area contributed by atoms with Crippen LogP contribution in [0.3, 0.4) is 0 Å². The summed E-state index contributed by atoms with van der Waals surface area (Å²) in [5.41, 5.74) is 0.0280. The first-order chi connectivity index (χ1) is 17.1. The first-order valence-corrected chi connectivity index (χ1v) is 13.6. The van der Waals surface area contributed by atoms with E-state index in [0.29, 0.717) is 12.0 Å². The van der Waals surface area contributed by atoms with E-state index < -0.39 is 6.10 Å². The highest BCUT2D eigenvalue weighted by atomic mass is 16.6. The normalized spacial score (nSPS) is 37.1.